The number of alkyl carbamates (subject to hydrolysis) is 1. The van der Waals surface area contributed by atoms with Gasteiger partial charge in [0.1, 0.15) is 12.7 Å². The molecular weight excluding hydrogens is 314 g/mol. The van der Waals surface area contributed by atoms with Gasteiger partial charge in [-0.1, -0.05) is 30.3 Å². The van der Waals surface area contributed by atoms with E-state index in [0.717, 1.165) is 5.56 Å². The van der Waals surface area contributed by atoms with Crippen molar-refractivity contribution in [2.75, 3.05) is 6.61 Å². The van der Waals surface area contributed by atoms with Crippen molar-refractivity contribution in [2.45, 2.75) is 57.2 Å². The molecule has 1 aromatic carbocycles. The Morgan fingerprint density at radius 2 is 2.04 bits per heavy atom. The fraction of sp³-hybridized carbons (Fsp3) is 0.588. The molecule has 3 rings (SSSR count). The fourth-order valence-corrected chi connectivity index (χ4v) is 3.02. The van der Waals surface area contributed by atoms with Crippen LogP contribution in [0.5, 0.6) is 0 Å². The third-order valence-corrected chi connectivity index (χ3v) is 4.06. The number of benzene rings is 1. The van der Waals surface area contributed by atoms with Gasteiger partial charge in [0.05, 0.1) is 12.1 Å². The maximum Gasteiger partial charge on any atom is 0.407 e. The van der Waals surface area contributed by atoms with E-state index in [1.54, 1.807) is 13.8 Å². The van der Waals surface area contributed by atoms with Gasteiger partial charge in [-0.25, -0.2) is 4.79 Å². The smallest absolute Gasteiger partial charge is 0.407 e. The van der Waals surface area contributed by atoms with E-state index in [9.17, 15) is 9.90 Å². The first-order chi connectivity index (χ1) is 11.5. The van der Waals surface area contributed by atoms with Crippen molar-refractivity contribution < 1.29 is 28.8 Å². The minimum atomic E-state index is -0.770. The molecule has 132 valence electrons. The summed E-state index contributed by atoms with van der Waals surface area (Å²) < 4.78 is 22.5. The van der Waals surface area contributed by atoms with E-state index >= 15 is 0 Å². The highest BCUT2D eigenvalue weighted by molar-refractivity contribution is 5.68. The van der Waals surface area contributed by atoms with Gasteiger partial charge in [-0.3, -0.25) is 0 Å². The zero-order valence-corrected chi connectivity index (χ0v) is 13.8. The molecule has 2 aliphatic rings. The molecule has 0 saturated carbocycles. The van der Waals surface area contributed by atoms with E-state index in [1.165, 1.54) is 0 Å². The first kappa shape index (κ1) is 17.2. The van der Waals surface area contributed by atoms with E-state index < -0.39 is 30.3 Å². The number of carbonyl (C=O) groups excluding carboxylic acids is 1. The normalized spacial score (nSPS) is 30.8. The topological polar surface area (TPSA) is 86.2 Å². The van der Waals surface area contributed by atoms with Gasteiger partial charge in [0.2, 0.25) is 0 Å². The second-order valence-corrected chi connectivity index (χ2v) is 6.39. The lowest BCUT2D eigenvalue weighted by atomic mass is 10.1. The Labute approximate surface area is 140 Å². The number of amides is 1. The predicted octanol–water partition coefficient (Wildman–Crippen LogP) is 1.54. The molecule has 2 fully saturated rings. The van der Waals surface area contributed by atoms with Crippen molar-refractivity contribution in [2.24, 2.45) is 0 Å². The molecule has 7 heteroatoms. The molecule has 2 heterocycles. The fourth-order valence-electron chi connectivity index (χ4n) is 3.02. The average molecular weight is 337 g/mol. The Hall–Kier alpha value is -1.67. The highest BCUT2D eigenvalue weighted by atomic mass is 16.8. The molecule has 0 aliphatic carbocycles. The summed E-state index contributed by atoms with van der Waals surface area (Å²) in [4.78, 5) is 12.1. The number of hydrogen-bond acceptors (Lipinski definition) is 6. The van der Waals surface area contributed by atoms with Crippen molar-refractivity contribution in [3.05, 3.63) is 35.9 Å². The molecule has 1 aromatic rings. The largest absolute Gasteiger partial charge is 0.445 e. The van der Waals surface area contributed by atoms with Crippen LogP contribution < -0.4 is 5.32 Å². The maximum absolute atomic E-state index is 12.1. The van der Waals surface area contributed by atoms with Crippen LogP contribution in [-0.4, -0.2) is 48.1 Å². The first-order valence-electron chi connectivity index (χ1n) is 8.08. The number of fused-ring (bicyclic) bond motifs is 1. The van der Waals surface area contributed by atoms with Gasteiger partial charge >= 0.3 is 6.09 Å². The Kier molecular flexibility index (Phi) is 5.05. The molecule has 0 spiro atoms. The van der Waals surface area contributed by atoms with Gasteiger partial charge in [-0.15, -0.1) is 0 Å². The Balaban J connectivity index is 1.59. The number of hydrogen-bond donors (Lipinski definition) is 2. The van der Waals surface area contributed by atoms with Gasteiger partial charge in [0, 0.05) is 6.61 Å². The molecule has 4 atom stereocenters. The second kappa shape index (κ2) is 7.06. The molecular formula is C17H23NO6. The van der Waals surface area contributed by atoms with Crippen LogP contribution in [0.3, 0.4) is 0 Å². The third kappa shape index (κ3) is 3.87. The third-order valence-electron chi connectivity index (χ3n) is 4.06. The van der Waals surface area contributed by atoms with Gasteiger partial charge < -0.3 is 29.4 Å². The van der Waals surface area contributed by atoms with Gasteiger partial charge in [0.25, 0.3) is 0 Å². The maximum atomic E-state index is 12.1. The molecule has 0 aromatic heterocycles. The van der Waals surface area contributed by atoms with E-state index in [-0.39, 0.29) is 19.3 Å². The second-order valence-electron chi connectivity index (χ2n) is 6.39. The van der Waals surface area contributed by atoms with Crippen molar-refractivity contribution in [3.8, 4) is 0 Å². The SMILES string of the molecule is CC1(C)O[C@H]2O[C@H](CCO)[C@H](NC(=O)OCc3ccccc3)[C@H]2O1. The van der Waals surface area contributed by atoms with Gasteiger partial charge in [0.15, 0.2) is 12.1 Å². The standard InChI is InChI=1S/C17H23NO6/c1-17(2)23-14-13(12(8-9-19)22-15(14)24-17)18-16(20)21-10-11-6-4-3-5-7-11/h3-7,12-15,19H,8-10H2,1-2H3,(H,18,20)/t12-,13+,14-,15-/m1/s1. The monoisotopic (exact) mass is 337 g/mol. The molecule has 24 heavy (non-hydrogen) atoms. The Bertz CT molecular complexity index is 563. The summed E-state index contributed by atoms with van der Waals surface area (Å²) >= 11 is 0. The summed E-state index contributed by atoms with van der Waals surface area (Å²) in [5.41, 5.74) is 0.904. The van der Waals surface area contributed by atoms with E-state index in [4.69, 9.17) is 18.9 Å². The van der Waals surface area contributed by atoms with Crippen LogP contribution in [-0.2, 0) is 25.6 Å². The lowest BCUT2D eigenvalue weighted by Crippen LogP contribution is -2.48. The van der Waals surface area contributed by atoms with Crippen LogP contribution in [0.4, 0.5) is 4.79 Å². The minimum absolute atomic E-state index is 0.0509. The van der Waals surface area contributed by atoms with Crippen LogP contribution in [0, 0.1) is 0 Å². The molecule has 2 N–H and O–H groups in total. The summed E-state index contributed by atoms with van der Waals surface area (Å²) in [6.45, 7) is 3.72. The zero-order valence-electron chi connectivity index (χ0n) is 13.8. The molecule has 0 unspecified atom stereocenters. The van der Waals surface area contributed by atoms with Crippen LogP contribution in [0.25, 0.3) is 0 Å². The Morgan fingerprint density at radius 1 is 1.29 bits per heavy atom. The summed E-state index contributed by atoms with van der Waals surface area (Å²) in [7, 11) is 0. The van der Waals surface area contributed by atoms with Crippen molar-refractivity contribution in [1.29, 1.82) is 0 Å². The number of aliphatic hydroxyl groups is 1. The average Bonchev–Trinajstić information content (AvgIpc) is 3.00. The van der Waals surface area contributed by atoms with E-state index in [2.05, 4.69) is 5.32 Å². The summed E-state index contributed by atoms with van der Waals surface area (Å²) in [5.74, 6) is -0.770. The molecule has 0 radical (unpaired) electrons. The van der Waals surface area contributed by atoms with Crippen molar-refractivity contribution in [3.63, 3.8) is 0 Å². The van der Waals surface area contributed by atoms with Crippen LogP contribution in [0.1, 0.15) is 25.8 Å². The summed E-state index contributed by atoms with van der Waals surface area (Å²) in [6.07, 6.45) is -1.55. The number of carbonyl (C=O) groups is 1. The van der Waals surface area contributed by atoms with E-state index in [0.29, 0.717) is 6.42 Å². The van der Waals surface area contributed by atoms with Gasteiger partial charge in [-0.2, -0.15) is 0 Å². The molecule has 1 amide bonds. The molecule has 2 aliphatic heterocycles. The summed E-state index contributed by atoms with van der Waals surface area (Å²) in [5, 5.41) is 12.0. The lowest BCUT2D eigenvalue weighted by Gasteiger charge is -2.25. The van der Waals surface area contributed by atoms with Crippen LogP contribution in [0.15, 0.2) is 30.3 Å². The highest BCUT2D eigenvalue weighted by Gasteiger charge is 2.55. The molecule has 0 bridgehead atoms. The summed E-state index contributed by atoms with van der Waals surface area (Å²) in [6, 6.07) is 9.00. The van der Waals surface area contributed by atoms with Crippen LogP contribution >= 0.6 is 0 Å². The lowest BCUT2D eigenvalue weighted by molar-refractivity contribution is -0.208. The van der Waals surface area contributed by atoms with Gasteiger partial charge in [-0.05, 0) is 25.8 Å². The zero-order chi connectivity index (χ0) is 17.2. The van der Waals surface area contributed by atoms with Crippen molar-refractivity contribution >= 4 is 6.09 Å². The Morgan fingerprint density at radius 3 is 2.75 bits per heavy atom. The number of aliphatic hydroxyl groups excluding tert-OH is 1. The minimum Gasteiger partial charge on any atom is -0.445 e. The van der Waals surface area contributed by atoms with Crippen molar-refractivity contribution in [1.82, 2.24) is 5.32 Å². The highest BCUT2D eigenvalue weighted by Crippen LogP contribution is 2.38. The number of rotatable bonds is 5. The number of nitrogens with one attached hydrogen (secondary N) is 1. The molecule has 7 nitrogen and oxygen atoms in total. The quantitative estimate of drug-likeness (QED) is 0.848. The van der Waals surface area contributed by atoms with Crippen LogP contribution in [0.2, 0.25) is 0 Å². The molecule has 2 saturated heterocycles. The first-order valence-corrected chi connectivity index (χ1v) is 8.08. The number of ether oxygens (including phenoxy) is 4. The predicted molar refractivity (Wildman–Crippen MR) is 84.0 cm³/mol. The van der Waals surface area contributed by atoms with E-state index in [1.807, 2.05) is 30.3 Å².